The number of nitrogens with zero attached hydrogens (tertiary/aromatic N) is 4. The van der Waals surface area contributed by atoms with Gasteiger partial charge >= 0.3 is 0 Å². The first-order chi connectivity index (χ1) is 13.0. The minimum Gasteiger partial charge on any atom is -0.508 e. The molecule has 6 heteroatoms. The maximum atomic E-state index is 12.9. The van der Waals surface area contributed by atoms with Crippen LogP contribution in [-0.4, -0.2) is 64.1 Å². The number of aromatic hydroxyl groups is 1. The van der Waals surface area contributed by atoms with Crippen LogP contribution in [0.3, 0.4) is 0 Å². The molecule has 1 fully saturated rings. The number of carbonyl (C=O) groups excluding carboxylic acids is 1. The number of hydrogen-bond donors (Lipinski definition) is 1. The quantitative estimate of drug-likeness (QED) is 0.849. The Morgan fingerprint density at radius 2 is 2.19 bits per heavy atom. The van der Waals surface area contributed by atoms with Gasteiger partial charge in [-0.15, -0.1) is 0 Å². The van der Waals surface area contributed by atoms with Gasteiger partial charge in [0.25, 0.3) is 5.91 Å². The van der Waals surface area contributed by atoms with Crippen LogP contribution < -0.4 is 0 Å². The zero-order chi connectivity index (χ0) is 19.4. The van der Waals surface area contributed by atoms with Gasteiger partial charge in [0.05, 0.1) is 0 Å². The first kappa shape index (κ1) is 19.4. The number of aromatic nitrogens is 2. The summed E-state index contributed by atoms with van der Waals surface area (Å²) in [4.78, 5) is 21.7. The van der Waals surface area contributed by atoms with Gasteiger partial charge in [0.1, 0.15) is 11.6 Å². The van der Waals surface area contributed by atoms with Crippen molar-refractivity contribution in [2.24, 2.45) is 0 Å². The highest BCUT2D eigenvalue weighted by Gasteiger charge is 2.28. The number of phenols is 1. The number of rotatable bonds is 6. The Kier molecular flexibility index (Phi) is 6.16. The van der Waals surface area contributed by atoms with E-state index >= 15 is 0 Å². The lowest BCUT2D eigenvalue weighted by Crippen LogP contribution is -2.39. The van der Waals surface area contributed by atoms with Gasteiger partial charge in [-0.25, -0.2) is 4.98 Å². The third kappa shape index (κ3) is 4.69. The maximum Gasteiger partial charge on any atom is 0.253 e. The van der Waals surface area contributed by atoms with Crippen LogP contribution in [-0.2, 0) is 6.54 Å². The van der Waals surface area contributed by atoms with Crippen molar-refractivity contribution in [1.82, 2.24) is 19.4 Å². The van der Waals surface area contributed by atoms with Crippen LogP contribution in [0.2, 0.25) is 0 Å². The number of benzene rings is 1. The molecule has 1 N–H and O–H groups in total. The van der Waals surface area contributed by atoms with Gasteiger partial charge in [0.15, 0.2) is 0 Å². The Balaban J connectivity index is 1.68. The first-order valence-electron chi connectivity index (χ1n) is 9.70. The fourth-order valence-corrected chi connectivity index (χ4v) is 3.77. The van der Waals surface area contributed by atoms with Crippen LogP contribution in [0.15, 0.2) is 30.6 Å². The molecule has 2 aromatic rings. The molecular formula is C21H30N4O2. The van der Waals surface area contributed by atoms with Crippen molar-refractivity contribution in [3.05, 3.63) is 47.5 Å². The molecule has 0 unspecified atom stereocenters. The van der Waals surface area contributed by atoms with Gasteiger partial charge < -0.3 is 19.5 Å². The van der Waals surface area contributed by atoms with Crippen LogP contribution in [0, 0.1) is 6.92 Å². The Bertz CT molecular complexity index is 784. The second-order valence-corrected chi connectivity index (χ2v) is 7.73. The minimum atomic E-state index is 0.0357. The predicted molar refractivity (Wildman–Crippen MR) is 106 cm³/mol. The van der Waals surface area contributed by atoms with Crippen LogP contribution in [0.25, 0.3) is 0 Å². The molecule has 1 aliphatic heterocycles. The first-order valence-corrected chi connectivity index (χ1v) is 9.70. The Morgan fingerprint density at radius 3 is 2.93 bits per heavy atom. The third-order valence-electron chi connectivity index (χ3n) is 5.27. The second kappa shape index (κ2) is 8.57. The van der Waals surface area contributed by atoms with E-state index in [9.17, 15) is 9.90 Å². The SMILES string of the molecule is Cc1cc(C(=O)N2CCC[C@H](c3nccn3CCCN(C)C)C2)ccc1O. The van der Waals surface area contributed by atoms with Crippen molar-refractivity contribution in [1.29, 1.82) is 0 Å². The van der Waals surface area contributed by atoms with Gasteiger partial charge in [-0.1, -0.05) is 0 Å². The van der Waals surface area contributed by atoms with E-state index in [2.05, 4.69) is 34.7 Å². The number of likely N-dealkylation sites (tertiary alicyclic amines) is 1. The molecule has 2 heterocycles. The lowest BCUT2D eigenvalue weighted by Gasteiger charge is -2.33. The fourth-order valence-electron chi connectivity index (χ4n) is 3.77. The highest BCUT2D eigenvalue weighted by molar-refractivity contribution is 5.94. The zero-order valence-electron chi connectivity index (χ0n) is 16.6. The Labute approximate surface area is 161 Å². The van der Waals surface area contributed by atoms with Gasteiger partial charge in [-0.05, 0) is 70.6 Å². The summed E-state index contributed by atoms with van der Waals surface area (Å²) in [6.07, 6.45) is 7.05. The van der Waals surface area contributed by atoms with E-state index in [0.29, 0.717) is 12.1 Å². The van der Waals surface area contributed by atoms with Crippen LogP contribution in [0.5, 0.6) is 5.75 Å². The van der Waals surface area contributed by atoms with Gasteiger partial charge in [0, 0.05) is 43.5 Å². The topological polar surface area (TPSA) is 61.6 Å². The van der Waals surface area contributed by atoms with E-state index in [-0.39, 0.29) is 17.6 Å². The summed E-state index contributed by atoms with van der Waals surface area (Å²) in [6.45, 7) is 5.29. The normalized spacial score (nSPS) is 17.5. The highest BCUT2D eigenvalue weighted by Crippen LogP contribution is 2.27. The number of aryl methyl sites for hydroxylation is 2. The van der Waals surface area contributed by atoms with Gasteiger partial charge in [-0.2, -0.15) is 0 Å². The summed E-state index contributed by atoms with van der Waals surface area (Å²) in [5.41, 5.74) is 1.37. The average Bonchev–Trinajstić information content (AvgIpc) is 3.12. The fraction of sp³-hybridized carbons (Fsp3) is 0.524. The molecule has 3 rings (SSSR count). The minimum absolute atomic E-state index is 0.0357. The van der Waals surface area contributed by atoms with E-state index in [1.54, 1.807) is 18.2 Å². The smallest absolute Gasteiger partial charge is 0.253 e. The van der Waals surface area contributed by atoms with Crippen molar-refractivity contribution in [3.8, 4) is 5.75 Å². The summed E-state index contributed by atoms with van der Waals surface area (Å²) in [5.74, 6) is 1.62. The van der Waals surface area contributed by atoms with Gasteiger partial charge in [-0.3, -0.25) is 4.79 Å². The highest BCUT2D eigenvalue weighted by atomic mass is 16.3. The lowest BCUT2D eigenvalue weighted by atomic mass is 9.96. The summed E-state index contributed by atoms with van der Waals surface area (Å²) in [7, 11) is 4.18. The number of piperidine rings is 1. The van der Waals surface area contributed by atoms with E-state index in [0.717, 1.165) is 50.3 Å². The van der Waals surface area contributed by atoms with Crippen LogP contribution in [0.4, 0.5) is 0 Å². The molecule has 1 atom stereocenters. The molecule has 0 saturated carbocycles. The number of amides is 1. The average molecular weight is 370 g/mol. The molecule has 1 aromatic carbocycles. The third-order valence-corrected chi connectivity index (χ3v) is 5.27. The largest absolute Gasteiger partial charge is 0.508 e. The summed E-state index contributed by atoms with van der Waals surface area (Å²) >= 11 is 0. The molecule has 1 saturated heterocycles. The molecule has 0 radical (unpaired) electrons. The van der Waals surface area contributed by atoms with E-state index in [1.807, 2.05) is 18.0 Å². The summed E-state index contributed by atoms with van der Waals surface area (Å²) < 4.78 is 2.24. The van der Waals surface area contributed by atoms with Crippen molar-refractivity contribution in [3.63, 3.8) is 0 Å². The number of phenolic OH excluding ortho intramolecular Hbond substituents is 1. The van der Waals surface area contributed by atoms with Crippen LogP contribution in [0.1, 0.15) is 46.9 Å². The van der Waals surface area contributed by atoms with Crippen LogP contribution >= 0.6 is 0 Å². The molecule has 0 bridgehead atoms. The molecule has 146 valence electrons. The number of carbonyl (C=O) groups is 1. The number of imidazole rings is 1. The van der Waals surface area contributed by atoms with E-state index in [4.69, 9.17) is 0 Å². The maximum absolute atomic E-state index is 12.9. The molecule has 1 amide bonds. The molecule has 6 nitrogen and oxygen atoms in total. The van der Waals surface area contributed by atoms with E-state index < -0.39 is 0 Å². The Morgan fingerprint density at radius 1 is 1.37 bits per heavy atom. The van der Waals surface area contributed by atoms with E-state index in [1.165, 1.54) is 0 Å². The van der Waals surface area contributed by atoms with Gasteiger partial charge in [0.2, 0.25) is 0 Å². The number of hydrogen-bond acceptors (Lipinski definition) is 4. The Hall–Kier alpha value is -2.34. The van der Waals surface area contributed by atoms with Crippen molar-refractivity contribution in [2.45, 2.75) is 38.6 Å². The molecule has 0 spiro atoms. The molecule has 1 aromatic heterocycles. The monoisotopic (exact) mass is 370 g/mol. The van der Waals surface area contributed by atoms with Crippen molar-refractivity contribution >= 4 is 5.91 Å². The second-order valence-electron chi connectivity index (χ2n) is 7.73. The molecule has 1 aliphatic rings. The lowest BCUT2D eigenvalue weighted by molar-refractivity contribution is 0.0703. The molecule has 0 aliphatic carbocycles. The molecule has 27 heavy (non-hydrogen) atoms. The molecular weight excluding hydrogens is 340 g/mol. The zero-order valence-corrected chi connectivity index (χ0v) is 16.6. The van der Waals surface area contributed by atoms with Crippen molar-refractivity contribution in [2.75, 3.05) is 33.7 Å². The predicted octanol–water partition coefficient (Wildman–Crippen LogP) is 2.87. The summed E-state index contributed by atoms with van der Waals surface area (Å²) in [6, 6.07) is 5.07. The van der Waals surface area contributed by atoms with Crippen molar-refractivity contribution < 1.29 is 9.90 Å². The standard InChI is InChI=1S/C21H30N4O2/c1-16-14-17(7-8-19(16)26)21(27)25-11-4-6-18(15-25)20-22-9-13-24(20)12-5-10-23(2)3/h7-9,13-14,18,26H,4-6,10-12,15H2,1-3H3/t18-/m0/s1. The summed E-state index contributed by atoms with van der Waals surface area (Å²) in [5, 5.41) is 9.70.